The van der Waals surface area contributed by atoms with Gasteiger partial charge in [-0.2, -0.15) is 0 Å². The average molecular weight is 213 g/mol. The van der Waals surface area contributed by atoms with Crippen LogP contribution in [0, 0.1) is 5.82 Å². The Morgan fingerprint density at radius 2 is 2.13 bits per heavy atom. The van der Waals surface area contributed by atoms with E-state index in [1.54, 1.807) is 0 Å². The molecular weight excluding hydrogens is 201 g/mol. The number of hydrogen-bond donors (Lipinski definition) is 1. The Labute approximate surface area is 86.8 Å². The third-order valence-electron chi connectivity index (χ3n) is 1.98. The number of carbonyl (C=O) groups is 1. The molecule has 0 aliphatic heterocycles. The van der Waals surface area contributed by atoms with Crippen molar-refractivity contribution in [3.63, 3.8) is 0 Å². The fourth-order valence-corrected chi connectivity index (χ4v) is 1.15. The lowest BCUT2D eigenvalue weighted by Crippen LogP contribution is -2.07. The van der Waals surface area contributed by atoms with Gasteiger partial charge in [0.15, 0.2) is 11.6 Å². The molecule has 4 nitrogen and oxygen atoms in total. The summed E-state index contributed by atoms with van der Waals surface area (Å²) in [6, 6.07) is 2.51. The first kappa shape index (κ1) is 11.3. The zero-order valence-corrected chi connectivity index (χ0v) is 8.54. The highest BCUT2D eigenvalue weighted by Gasteiger charge is 2.11. The minimum absolute atomic E-state index is 0.0523. The maximum atomic E-state index is 13.3. The topological polar surface area (TPSA) is 61.5 Å². The maximum Gasteiger partial charge on any atom is 0.310 e. The Hall–Kier alpha value is -1.78. The minimum atomic E-state index is -0.550. The molecule has 0 saturated carbocycles. The Morgan fingerprint density at radius 1 is 1.47 bits per heavy atom. The number of hydrogen-bond acceptors (Lipinski definition) is 4. The number of halogens is 1. The summed E-state index contributed by atoms with van der Waals surface area (Å²) >= 11 is 0. The molecule has 1 aromatic rings. The van der Waals surface area contributed by atoms with Crippen molar-refractivity contribution in [1.29, 1.82) is 0 Å². The van der Waals surface area contributed by atoms with Crippen LogP contribution in [0.1, 0.15) is 5.56 Å². The van der Waals surface area contributed by atoms with Crippen LogP contribution in [0.4, 0.5) is 10.1 Å². The number of methoxy groups -OCH3 is 2. The summed E-state index contributed by atoms with van der Waals surface area (Å²) in [5.41, 5.74) is 6.31. The smallest absolute Gasteiger partial charge is 0.310 e. The van der Waals surface area contributed by atoms with Gasteiger partial charge in [-0.05, 0) is 11.6 Å². The molecule has 0 aliphatic rings. The van der Waals surface area contributed by atoms with E-state index in [0.717, 1.165) is 0 Å². The predicted molar refractivity (Wildman–Crippen MR) is 53.1 cm³/mol. The molecule has 0 saturated heterocycles. The van der Waals surface area contributed by atoms with Gasteiger partial charge < -0.3 is 15.2 Å². The van der Waals surface area contributed by atoms with E-state index in [4.69, 9.17) is 10.5 Å². The van der Waals surface area contributed by atoms with Crippen molar-refractivity contribution in [3.8, 4) is 5.75 Å². The van der Waals surface area contributed by atoms with Crippen molar-refractivity contribution >= 4 is 11.7 Å². The SMILES string of the molecule is COC(=O)Cc1cc(F)c(OC)cc1N. The molecule has 0 aliphatic carbocycles. The minimum Gasteiger partial charge on any atom is -0.494 e. The second-order valence-electron chi connectivity index (χ2n) is 2.94. The summed E-state index contributed by atoms with van der Waals surface area (Å²) in [6.07, 6.45) is -0.0523. The lowest BCUT2D eigenvalue weighted by molar-refractivity contribution is -0.139. The predicted octanol–water partition coefficient (Wildman–Crippen LogP) is 1.13. The van der Waals surface area contributed by atoms with E-state index < -0.39 is 11.8 Å². The van der Waals surface area contributed by atoms with E-state index in [-0.39, 0.29) is 12.2 Å². The molecule has 0 fully saturated rings. The summed E-state index contributed by atoms with van der Waals surface area (Å²) in [7, 11) is 2.61. The van der Waals surface area contributed by atoms with Crippen molar-refractivity contribution in [2.75, 3.05) is 20.0 Å². The molecule has 0 atom stereocenters. The number of benzene rings is 1. The third-order valence-corrected chi connectivity index (χ3v) is 1.98. The highest BCUT2D eigenvalue weighted by Crippen LogP contribution is 2.24. The molecule has 0 amide bonds. The van der Waals surface area contributed by atoms with Gasteiger partial charge in [0.25, 0.3) is 0 Å². The van der Waals surface area contributed by atoms with Crippen molar-refractivity contribution in [3.05, 3.63) is 23.5 Å². The van der Waals surface area contributed by atoms with Gasteiger partial charge in [0, 0.05) is 11.8 Å². The van der Waals surface area contributed by atoms with Gasteiger partial charge in [-0.3, -0.25) is 4.79 Å². The fourth-order valence-electron chi connectivity index (χ4n) is 1.15. The molecule has 0 radical (unpaired) electrons. The van der Waals surface area contributed by atoms with E-state index in [1.807, 2.05) is 0 Å². The van der Waals surface area contributed by atoms with Crippen molar-refractivity contribution in [2.24, 2.45) is 0 Å². The molecule has 82 valence electrons. The Morgan fingerprint density at radius 3 is 2.67 bits per heavy atom. The number of ether oxygens (including phenoxy) is 2. The van der Waals surface area contributed by atoms with Crippen molar-refractivity contribution in [2.45, 2.75) is 6.42 Å². The molecular formula is C10H12FNO3. The molecule has 0 spiro atoms. The summed E-state index contributed by atoms with van der Waals surface area (Å²) in [6.45, 7) is 0. The number of anilines is 1. The Kier molecular flexibility index (Phi) is 3.49. The highest BCUT2D eigenvalue weighted by molar-refractivity contribution is 5.75. The van der Waals surface area contributed by atoms with Crippen molar-refractivity contribution in [1.82, 2.24) is 0 Å². The van der Waals surface area contributed by atoms with Crippen LogP contribution in [0.3, 0.4) is 0 Å². The fraction of sp³-hybridized carbons (Fsp3) is 0.300. The Bertz CT molecular complexity index is 379. The molecule has 0 bridgehead atoms. The second kappa shape index (κ2) is 4.63. The van der Waals surface area contributed by atoms with Gasteiger partial charge in [-0.15, -0.1) is 0 Å². The van der Waals surface area contributed by atoms with E-state index >= 15 is 0 Å². The molecule has 0 unspecified atom stereocenters. The summed E-state index contributed by atoms with van der Waals surface area (Å²) in [5.74, 6) is -0.960. The van der Waals surface area contributed by atoms with Crippen LogP contribution in [0.5, 0.6) is 5.75 Å². The van der Waals surface area contributed by atoms with Gasteiger partial charge >= 0.3 is 5.97 Å². The van der Waals surface area contributed by atoms with Gasteiger partial charge in [0.05, 0.1) is 20.6 Å². The number of carbonyl (C=O) groups excluding carboxylic acids is 1. The third kappa shape index (κ3) is 2.59. The van der Waals surface area contributed by atoms with Crippen LogP contribution in [-0.4, -0.2) is 20.2 Å². The van der Waals surface area contributed by atoms with Crippen LogP contribution in [0.15, 0.2) is 12.1 Å². The molecule has 15 heavy (non-hydrogen) atoms. The maximum absolute atomic E-state index is 13.3. The Balaban J connectivity index is 3.00. The van der Waals surface area contributed by atoms with Crippen LogP contribution in [0.25, 0.3) is 0 Å². The summed E-state index contributed by atoms with van der Waals surface area (Å²) < 4.78 is 22.5. The number of rotatable bonds is 3. The first-order valence-electron chi connectivity index (χ1n) is 4.27. The molecule has 2 N–H and O–H groups in total. The lowest BCUT2D eigenvalue weighted by Gasteiger charge is -2.08. The zero-order valence-electron chi connectivity index (χ0n) is 8.54. The van der Waals surface area contributed by atoms with Gasteiger partial charge in [0.1, 0.15) is 0 Å². The van der Waals surface area contributed by atoms with E-state index in [0.29, 0.717) is 11.3 Å². The van der Waals surface area contributed by atoms with Gasteiger partial charge in [-0.25, -0.2) is 4.39 Å². The van der Waals surface area contributed by atoms with Crippen LogP contribution in [-0.2, 0) is 16.0 Å². The number of esters is 1. The molecule has 0 aromatic heterocycles. The normalized spacial score (nSPS) is 9.80. The van der Waals surface area contributed by atoms with Gasteiger partial charge in [0.2, 0.25) is 0 Å². The summed E-state index contributed by atoms with van der Waals surface area (Å²) in [5, 5.41) is 0. The monoisotopic (exact) mass is 213 g/mol. The first-order chi connectivity index (χ1) is 7.08. The van der Waals surface area contributed by atoms with Crippen LogP contribution in [0.2, 0.25) is 0 Å². The van der Waals surface area contributed by atoms with E-state index in [1.165, 1.54) is 26.4 Å². The average Bonchev–Trinajstić information content (AvgIpc) is 2.22. The van der Waals surface area contributed by atoms with Crippen LogP contribution >= 0.6 is 0 Å². The lowest BCUT2D eigenvalue weighted by atomic mass is 10.1. The van der Waals surface area contributed by atoms with Gasteiger partial charge in [-0.1, -0.05) is 0 Å². The number of nitrogens with two attached hydrogens (primary N) is 1. The quantitative estimate of drug-likeness (QED) is 0.604. The molecule has 1 rings (SSSR count). The molecule has 5 heteroatoms. The molecule has 0 heterocycles. The molecule has 1 aromatic carbocycles. The summed E-state index contributed by atoms with van der Waals surface area (Å²) in [4.78, 5) is 11.0. The standard InChI is InChI=1S/C10H12FNO3/c1-14-9-5-8(12)6(3-7(9)11)4-10(13)15-2/h3,5H,4,12H2,1-2H3. The van der Waals surface area contributed by atoms with E-state index in [9.17, 15) is 9.18 Å². The largest absolute Gasteiger partial charge is 0.494 e. The second-order valence-corrected chi connectivity index (χ2v) is 2.94. The first-order valence-corrected chi connectivity index (χ1v) is 4.27. The number of nitrogen functional groups attached to an aromatic ring is 1. The van der Waals surface area contributed by atoms with Crippen molar-refractivity contribution < 1.29 is 18.7 Å². The van der Waals surface area contributed by atoms with Crippen LogP contribution < -0.4 is 10.5 Å². The zero-order chi connectivity index (χ0) is 11.4. The van der Waals surface area contributed by atoms with E-state index in [2.05, 4.69) is 4.74 Å². The highest BCUT2D eigenvalue weighted by atomic mass is 19.1.